The van der Waals surface area contributed by atoms with Crippen LogP contribution < -0.4 is 5.73 Å². The number of hydrogen-bond donors (Lipinski definition) is 1. The predicted octanol–water partition coefficient (Wildman–Crippen LogP) is 3.26. The highest BCUT2D eigenvalue weighted by atomic mass is 15.0. The van der Waals surface area contributed by atoms with Crippen LogP contribution >= 0.6 is 0 Å². The molecule has 0 bridgehead atoms. The maximum Gasteiger partial charge on any atom is 0.137 e. The summed E-state index contributed by atoms with van der Waals surface area (Å²) >= 11 is 0. The minimum Gasteiger partial charge on any atom is -0.327 e. The zero-order valence-corrected chi connectivity index (χ0v) is 11.3. The Bertz CT molecular complexity index is 543. The molecule has 3 nitrogen and oxygen atoms in total. The first-order valence-corrected chi connectivity index (χ1v) is 7.21. The van der Waals surface area contributed by atoms with E-state index in [0.717, 1.165) is 11.3 Å². The molecule has 0 amide bonds. The number of hydrogen-bond acceptors (Lipinski definition) is 2. The lowest BCUT2D eigenvalue weighted by molar-refractivity contribution is 0.401. The molecule has 1 saturated carbocycles. The molecule has 3 rings (SSSR count). The van der Waals surface area contributed by atoms with Crippen LogP contribution in [0.4, 0.5) is 0 Å². The minimum absolute atomic E-state index is 0.651. The van der Waals surface area contributed by atoms with Gasteiger partial charge in [0.05, 0.1) is 5.69 Å². The van der Waals surface area contributed by atoms with Crippen LogP contribution in [0, 0.1) is 5.92 Å². The molecule has 19 heavy (non-hydrogen) atoms. The molecule has 0 aliphatic heterocycles. The van der Waals surface area contributed by atoms with Crippen molar-refractivity contribution in [1.29, 1.82) is 0 Å². The summed E-state index contributed by atoms with van der Waals surface area (Å²) in [6, 6.07) is 6.06. The largest absolute Gasteiger partial charge is 0.327 e. The molecule has 1 aliphatic rings. The van der Waals surface area contributed by atoms with Crippen LogP contribution in [-0.4, -0.2) is 15.9 Å². The van der Waals surface area contributed by atoms with Gasteiger partial charge in [-0.3, -0.25) is 0 Å². The van der Waals surface area contributed by atoms with Gasteiger partial charge in [-0.25, -0.2) is 4.98 Å². The fourth-order valence-corrected chi connectivity index (χ4v) is 3.03. The quantitative estimate of drug-likeness (QED) is 0.914. The topological polar surface area (TPSA) is 43.3 Å². The van der Waals surface area contributed by atoms with E-state index in [1.54, 1.807) is 0 Å². The number of pyridine rings is 1. The Labute approximate surface area is 114 Å². The van der Waals surface area contributed by atoms with E-state index in [1.165, 1.54) is 37.7 Å². The van der Waals surface area contributed by atoms with E-state index >= 15 is 0 Å². The summed E-state index contributed by atoms with van der Waals surface area (Å²) in [5.41, 5.74) is 9.33. The van der Waals surface area contributed by atoms with Crippen molar-refractivity contribution in [2.75, 3.05) is 6.54 Å². The zero-order chi connectivity index (χ0) is 13.1. The third kappa shape index (κ3) is 2.71. The summed E-state index contributed by atoms with van der Waals surface area (Å²) in [5, 5.41) is 0. The number of rotatable bonds is 3. The van der Waals surface area contributed by atoms with Crippen molar-refractivity contribution in [3.8, 4) is 0 Å². The number of fused-ring (bicyclic) bond motifs is 1. The maximum absolute atomic E-state index is 5.94. The highest BCUT2D eigenvalue weighted by molar-refractivity contribution is 5.54. The van der Waals surface area contributed by atoms with Crippen molar-refractivity contribution in [3.63, 3.8) is 0 Å². The molecule has 0 atom stereocenters. The van der Waals surface area contributed by atoms with E-state index < -0.39 is 0 Å². The fraction of sp³-hybridized carbons (Fsp3) is 0.438. The maximum atomic E-state index is 5.94. The van der Waals surface area contributed by atoms with Gasteiger partial charge >= 0.3 is 0 Å². The van der Waals surface area contributed by atoms with Gasteiger partial charge in [-0.2, -0.15) is 0 Å². The zero-order valence-electron chi connectivity index (χ0n) is 11.3. The lowest BCUT2D eigenvalue weighted by Gasteiger charge is -2.23. The summed E-state index contributed by atoms with van der Waals surface area (Å²) in [4.78, 5) is 4.63. The minimum atomic E-state index is 0.651. The van der Waals surface area contributed by atoms with Crippen LogP contribution in [0.2, 0.25) is 0 Å². The van der Waals surface area contributed by atoms with E-state index in [-0.39, 0.29) is 0 Å². The summed E-state index contributed by atoms with van der Waals surface area (Å²) in [7, 11) is 0. The Morgan fingerprint density at radius 1 is 1.32 bits per heavy atom. The Kier molecular flexibility index (Phi) is 3.65. The molecule has 1 fully saturated rings. The molecule has 2 aromatic heterocycles. The Morgan fingerprint density at radius 3 is 2.89 bits per heavy atom. The van der Waals surface area contributed by atoms with E-state index in [4.69, 9.17) is 5.73 Å². The van der Waals surface area contributed by atoms with Gasteiger partial charge in [-0.15, -0.1) is 0 Å². The molecule has 2 N–H and O–H groups in total. The Morgan fingerprint density at radius 2 is 2.16 bits per heavy atom. The van der Waals surface area contributed by atoms with Gasteiger partial charge in [-0.05, 0) is 37.0 Å². The van der Waals surface area contributed by atoms with Crippen molar-refractivity contribution in [2.45, 2.75) is 32.1 Å². The van der Waals surface area contributed by atoms with Crippen LogP contribution in [0.5, 0.6) is 0 Å². The van der Waals surface area contributed by atoms with E-state index in [1.807, 2.05) is 24.4 Å². The van der Waals surface area contributed by atoms with Crippen LogP contribution in [0.3, 0.4) is 0 Å². The van der Waals surface area contributed by atoms with Crippen molar-refractivity contribution in [2.24, 2.45) is 11.7 Å². The van der Waals surface area contributed by atoms with Crippen molar-refractivity contribution in [1.82, 2.24) is 9.38 Å². The van der Waals surface area contributed by atoms with Crippen molar-refractivity contribution < 1.29 is 0 Å². The van der Waals surface area contributed by atoms with Gasteiger partial charge in [-0.1, -0.05) is 30.9 Å². The molecular weight excluding hydrogens is 234 g/mol. The van der Waals surface area contributed by atoms with Crippen LogP contribution in [-0.2, 0) is 0 Å². The number of aromatic nitrogens is 2. The fourth-order valence-electron chi connectivity index (χ4n) is 3.03. The average molecular weight is 255 g/mol. The molecule has 0 aromatic carbocycles. The van der Waals surface area contributed by atoms with E-state index in [0.29, 0.717) is 12.5 Å². The predicted molar refractivity (Wildman–Crippen MR) is 78.8 cm³/mol. The normalized spacial score (nSPS) is 18.1. The Balaban J connectivity index is 1.88. The number of nitrogens with two attached hydrogens (primary N) is 1. The Hall–Kier alpha value is -1.61. The molecule has 0 unspecified atom stereocenters. The SMILES string of the molecule is NCC(=Cc1cn2ccccc2n1)C1CCCCC1. The summed E-state index contributed by atoms with van der Waals surface area (Å²) in [6.45, 7) is 0.651. The lowest BCUT2D eigenvalue weighted by Crippen LogP contribution is -2.16. The summed E-state index contributed by atoms with van der Waals surface area (Å²) in [6.07, 6.45) is 12.9. The molecule has 1 aliphatic carbocycles. The molecule has 100 valence electrons. The number of imidazole rings is 1. The first kappa shape index (κ1) is 12.4. The second-order valence-corrected chi connectivity index (χ2v) is 5.39. The van der Waals surface area contributed by atoms with Gasteiger partial charge in [0.1, 0.15) is 5.65 Å². The molecule has 3 heteroatoms. The van der Waals surface area contributed by atoms with Gasteiger partial charge in [0, 0.05) is 18.9 Å². The second kappa shape index (κ2) is 5.57. The third-order valence-electron chi connectivity index (χ3n) is 4.08. The van der Waals surface area contributed by atoms with Gasteiger partial charge < -0.3 is 10.1 Å². The lowest BCUT2D eigenvalue weighted by atomic mass is 9.83. The molecule has 0 saturated heterocycles. The first-order valence-electron chi connectivity index (χ1n) is 7.21. The molecular formula is C16H21N3. The second-order valence-electron chi connectivity index (χ2n) is 5.39. The third-order valence-corrected chi connectivity index (χ3v) is 4.08. The molecule has 0 spiro atoms. The highest BCUT2D eigenvalue weighted by Gasteiger charge is 2.17. The average Bonchev–Trinajstić information content (AvgIpc) is 2.88. The summed E-state index contributed by atoms with van der Waals surface area (Å²) < 4.78 is 2.06. The standard InChI is InChI=1S/C16H21N3/c17-11-14(13-6-2-1-3-7-13)10-15-12-19-9-5-4-8-16(19)18-15/h4-5,8-10,12-13H,1-3,6-7,11,17H2. The molecule has 0 radical (unpaired) electrons. The van der Waals surface area contributed by atoms with Crippen LogP contribution in [0.15, 0.2) is 36.2 Å². The summed E-state index contributed by atoms with van der Waals surface area (Å²) in [5.74, 6) is 0.670. The van der Waals surface area contributed by atoms with Gasteiger partial charge in [0.15, 0.2) is 0 Å². The highest BCUT2D eigenvalue weighted by Crippen LogP contribution is 2.30. The molecule has 2 heterocycles. The van der Waals surface area contributed by atoms with Crippen molar-refractivity contribution in [3.05, 3.63) is 41.9 Å². The monoisotopic (exact) mass is 255 g/mol. The van der Waals surface area contributed by atoms with E-state index in [2.05, 4.69) is 21.7 Å². The van der Waals surface area contributed by atoms with Crippen LogP contribution in [0.1, 0.15) is 37.8 Å². The first-order chi connectivity index (χ1) is 9.36. The van der Waals surface area contributed by atoms with Crippen LogP contribution in [0.25, 0.3) is 11.7 Å². The van der Waals surface area contributed by atoms with Crippen molar-refractivity contribution >= 4 is 11.7 Å². The van der Waals surface area contributed by atoms with Gasteiger partial charge in [0.25, 0.3) is 0 Å². The number of nitrogens with zero attached hydrogens (tertiary/aromatic N) is 2. The van der Waals surface area contributed by atoms with Gasteiger partial charge in [0.2, 0.25) is 0 Å². The van der Waals surface area contributed by atoms with E-state index in [9.17, 15) is 0 Å². The smallest absolute Gasteiger partial charge is 0.137 e. The molecule has 2 aromatic rings.